The van der Waals surface area contributed by atoms with Crippen molar-refractivity contribution in [2.24, 2.45) is 29.4 Å². The van der Waals surface area contributed by atoms with Crippen molar-refractivity contribution in [3.05, 3.63) is 28.3 Å². The van der Waals surface area contributed by atoms with Gasteiger partial charge in [-0.25, -0.2) is 4.79 Å². The van der Waals surface area contributed by atoms with Crippen LogP contribution in [0.2, 0.25) is 0 Å². The zero-order valence-corrected chi connectivity index (χ0v) is 23.8. The fourth-order valence-electron chi connectivity index (χ4n) is 7.24. The summed E-state index contributed by atoms with van der Waals surface area (Å²) in [6, 6.07) is 1.90. The van der Waals surface area contributed by atoms with Crippen LogP contribution < -0.4 is 11.1 Å². The molecule has 43 heavy (non-hydrogen) atoms. The third kappa shape index (κ3) is 4.68. The number of carbonyl (C=O) groups excluding carboxylic acids is 6. The van der Waals surface area contributed by atoms with Gasteiger partial charge in [0.25, 0.3) is 0 Å². The van der Waals surface area contributed by atoms with Crippen LogP contribution in [0, 0.1) is 35.0 Å². The number of aliphatic hydroxyl groups is 1. The predicted octanol–water partition coefficient (Wildman–Crippen LogP) is -1.53. The minimum Gasteiger partial charge on any atom is -0.507 e. The first-order valence-corrected chi connectivity index (χ1v) is 14.0. The van der Waals surface area contributed by atoms with E-state index in [0.29, 0.717) is 37.4 Å². The molecule has 0 aromatic heterocycles. The Labute approximate surface area is 246 Å². The monoisotopic (exact) mass is 595 g/mol. The van der Waals surface area contributed by atoms with Crippen LogP contribution in [0.25, 0.3) is 0 Å². The number of phenols is 1. The number of morpholine rings is 1. The first-order chi connectivity index (χ1) is 20.3. The molecule has 14 nitrogen and oxygen atoms in total. The number of primary amides is 1. The molecule has 0 radical (unpaired) electrons. The number of amides is 3. The molecule has 5 N–H and O–H groups in total. The number of hydrogen-bond donors (Lipinski definition) is 4. The number of ether oxygens (including phenoxy) is 1. The lowest BCUT2D eigenvalue weighted by Gasteiger charge is -2.52. The maximum Gasteiger partial charge on any atom is 0.317 e. The summed E-state index contributed by atoms with van der Waals surface area (Å²) in [5, 5.41) is 35.0. The number of rotatable bonds is 5. The van der Waals surface area contributed by atoms with Gasteiger partial charge < -0.3 is 30.9 Å². The van der Waals surface area contributed by atoms with Crippen LogP contribution in [0.1, 0.15) is 33.5 Å². The molecule has 1 aliphatic heterocycles. The summed E-state index contributed by atoms with van der Waals surface area (Å²) in [5.74, 6) is -11.6. The Morgan fingerprint density at radius 3 is 2.47 bits per heavy atom. The Kier molecular flexibility index (Phi) is 7.84. The maximum atomic E-state index is 14.0. The highest BCUT2D eigenvalue weighted by Gasteiger charge is 2.69. The van der Waals surface area contributed by atoms with E-state index in [9.17, 15) is 44.2 Å². The van der Waals surface area contributed by atoms with Crippen molar-refractivity contribution in [2.75, 3.05) is 40.4 Å². The highest BCUT2D eigenvalue weighted by Crippen LogP contribution is 2.51. The molecular weight excluding hydrogens is 562 g/mol. The summed E-state index contributed by atoms with van der Waals surface area (Å²) < 4.78 is 5.28. The standard InChI is InChI=1S/C29H33N5O9/c1-33(2)21-17-11-14-10-16-15(12-32-28(41)34-5-7-43-8-6-34)9-13(3-4-30)22(35)19(16)23(36)18(14)25(38)29(17,42)26(39)20(24(21)37)27(31)40/h9,14,17-18,20-21,35,42H,3,5-8,10-12H2,1-2H3,(H2,31,40)(H,32,41)/t14-,17-,18?,20?,21+,29-/m0/s1. The van der Waals surface area contributed by atoms with Crippen LogP contribution in [-0.2, 0) is 43.3 Å². The molecular formula is C29H33N5O9. The summed E-state index contributed by atoms with van der Waals surface area (Å²) >= 11 is 0. The van der Waals surface area contributed by atoms with Crippen LogP contribution in [0.4, 0.5) is 4.79 Å². The molecule has 1 heterocycles. The molecule has 0 bridgehead atoms. The van der Waals surface area contributed by atoms with Gasteiger partial charge in [-0.15, -0.1) is 0 Å². The maximum absolute atomic E-state index is 14.0. The molecule has 1 aromatic rings. The van der Waals surface area contributed by atoms with E-state index >= 15 is 0 Å². The van der Waals surface area contributed by atoms with Gasteiger partial charge in [-0.05, 0) is 50.0 Å². The Hall–Kier alpha value is -4.19. The smallest absolute Gasteiger partial charge is 0.317 e. The van der Waals surface area contributed by atoms with Crippen molar-refractivity contribution in [3.8, 4) is 11.8 Å². The van der Waals surface area contributed by atoms with Gasteiger partial charge in [-0.2, -0.15) is 5.26 Å². The molecule has 1 aromatic carbocycles. The van der Waals surface area contributed by atoms with E-state index in [1.165, 1.54) is 19.0 Å². The van der Waals surface area contributed by atoms with Crippen LogP contribution in [-0.4, -0.2) is 107 Å². The second-order valence-electron chi connectivity index (χ2n) is 11.8. The number of hydrogen-bond acceptors (Lipinski definition) is 11. The van der Waals surface area contributed by atoms with Crippen LogP contribution in [0.3, 0.4) is 0 Å². The SMILES string of the molecule is CN(C)[C@H]1C(=O)C(C(N)=O)C(=O)[C@@]2(O)C(=O)C3C(=O)c4c(O)c(CC#N)cc(CNC(=O)N5CCOCC5)c4C[C@H]3C[C@@H]12. The molecule has 2 unspecified atom stereocenters. The summed E-state index contributed by atoms with van der Waals surface area (Å²) in [7, 11) is 3.03. The zero-order chi connectivity index (χ0) is 31.4. The van der Waals surface area contributed by atoms with Crippen molar-refractivity contribution >= 4 is 35.1 Å². The number of fused-ring (bicyclic) bond motifs is 3. The number of nitrogens with one attached hydrogen (secondary N) is 1. The molecule has 5 rings (SSSR count). The quantitative estimate of drug-likeness (QED) is 0.286. The van der Waals surface area contributed by atoms with Gasteiger partial charge in [-0.1, -0.05) is 0 Å². The third-order valence-electron chi connectivity index (χ3n) is 9.23. The molecule has 3 aliphatic carbocycles. The first kappa shape index (κ1) is 30.3. The number of Topliss-reactive ketones (excluding diaryl/α,β-unsaturated/α-hetero) is 4. The van der Waals surface area contributed by atoms with Gasteiger partial charge in [0.15, 0.2) is 34.7 Å². The van der Waals surface area contributed by atoms with Crippen LogP contribution in [0.5, 0.6) is 5.75 Å². The number of carbonyl (C=O) groups is 6. The van der Waals surface area contributed by atoms with E-state index < -0.39 is 70.1 Å². The largest absolute Gasteiger partial charge is 0.507 e. The Morgan fingerprint density at radius 1 is 1.19 bits per heavy atom. The molecule has 0 spiro atoms. The van der Waals surface area contributed by atoms with Gasteiger partial charge in [-0.3, -0.25) is 28.9 Å². The minimum atomic E-state index is -2.83. The fraction of sp³-hybridized carbons (Fsp3) is 0.552. The van der Waals surface area contributed by atoms with Gasteiger partial charge >= 0.3 is 6.03 Å². The van der Waals surface area contributed by atoms with E-state index in [-0.39, 0.29) is 43.0 Å². The highest BCUT2D eigenvalue weighted by atomic mass is 16.5. The zero-order valence-electron chi connectivity index (χ0n) is 23.8. The number of ketones is 4. The number of benzene rings is 1. The third-order valence-corrected chi connectivity index (χ3v) is 9.23. The predicted molar refractivity (Wildman–Crippen MR) is 145 cm³/mol. The molecule has 14 heteroatoms. The molecule has 6 atom stereocenters. The number of nitrogens with two attached hydrogens (primary N) is 1. The van der Waals surface area contributed by atoms with Crippen molar-refractivity contribution < 1.29 is 43.7 Å². The summed E-state index contributed by atoms with van der Waals surface area (Å²) in [6.45, 7) is 1.55. The van der Waals surface area contributed by atoms with Gasteiger partial charge in [0.1, 0.15) is 5.75 Å². The number of nitrogens with zero attached hydrogens (tertiary/aromatic N) is 3. The number of aromatic hydroxyl groups is 1. The molecule has 228 valence electrons. The number of likely N-dealkylation sites (N-methyl/N-ethyl adjacent to an activating group) is 1. The Morgan fingerprint density at radius 2 is 1.86 bits per heavy atom. The van der Waals surface area contributed by atoms with Crippen LogP contribution >= 0.6 is 0 Å². The van der Waals surface area contributed by atoms with Gasteiger partial charge in [0.05, 0.1) is 43.2 Å². The first-order valence-electron chi connectivity index (χ1n) is 14.0. The second-order valence-corrected chi connectivity index (χ2v) is 11.8. The summed E-state index contributed by atoms with van der Waals surface area (Å²) in [5.41, 5.74) is 3.26. The molecule has 2 saturated carbocycles. The van der Waals surface area contributed by atoms with Gasteiger partial charge in [0, 0.05) is 31.1 Å². The fourth-order valence-corrected chi connectivity index (χ4v) is 7.24. The minimum absolute atomic E-state index is 0.0409. The number of phenolic OH excluding ortho intramolecular Hbond substituents is 1. The summed E-state index contributed by atoms with van der Waals surface area (Å²) in [6.07, 6.45) is -0.310. The molecule has 3 fully saturated rings. The second kappa shape index (κ2) is 11.1. The van der Waals surface area contributed by atoms with Gasteiger partial charge in [0.2, 0.25) is 5.91 Å². The lowest BCUT2D eigenvalue weighted by molar-refractivity contribution is -0.181. The highest BCUT2D eigenvalue weighted by molar-refractivity contribution is 6.32. The van der Waals surface area contributed by atoms with E-state index in [2.05, 4.69) is 5.32 Å². The van der Waals surface area contributed by atoms with E-state index in [0.717, 1.165) is 0 Å². The van der Waals surface area contributed by atoms with Crippen molar-refractivity contribution in [2.45, 2.75) is 37.5 Å². The van der Waals surface area contributed by atoms with Crippen molar-refractivity contribution in [3.63, 3.8) is 0 Å². The Bertz CT molecular complexity index is 1480. The van der Waals surface area contributed by atoms with Crippen molar-refractivity contribution in [1.82, 2.24) is 15.1 Å². The molecule has 1 saturated heterocycles. The topological polar surface area (TPSA) is 220 Å². The molecule has 4 aliphatic rings. The number of urea groups is 1. The lowest BCUT2D eigenvalue weighted by Crippen LogP contribution is -2.74. The number of nitriles is 1. The van der Waals surface area contributed by atoms with E-state index in [4.69, 9.17) is 10.5 Å². The average molecular weight is 596 g/mol. The molecule has 3 amide bonds. The van der Waals surface area contributed by atoms with E-state index in [1.807, 2.05) is 6.07 Å². The Balaban J connectivity index is 1.56. The lowest BCUT2D eigenvalue weighted by atomic mass is 9.52. The van der Waals surface area contributed by atoms with Crippen molar-refractivity contribution in [1.29, 1.82) is 5.26 Å². The normalized spacial score (nSPS) is 30.3. The summed E-state index contributed by atoms with van der Waals surface area (Å²) in [4.78, 5) is 82.6. The van der Waals surface area contributed by atoms with E-state index in [1.54, 1.807) is 11.0 Å². The van der Waals surface area contributed by atoms with Crippen LogP contribution in [0.15, 0.2) is 6.07 Å². The average Bonchev–Trinajstić information content (AvgIpc) is 2.95.